The van der Waals surface area contributed by atoms with Crippen LogP contribution in [0.15, 0.2) is 42.5 Å². The van der Waals surface area contributed by atoms with Crippen molar-refractivity contribution in [2.24, 2.45) is 0 Å². The summed E-state index contributed by atoms with van der Waals surface area (Å²) in [6.07, 6.45) is -1.09. The fourth-order valence-corrected chi connectivity index (χ4v) is 3.01. The smallest absolute Gasteiger partial charge is 0.406 e. The Kier molecular flexibility index (Phi) is 4.55. The van der Waals surface area contributed by atoms with E-state index in [0.29, 0.717) is 5.69 Å². The Labute approximate surface area is 138 Å². The van der Waals surface area contributed by atoms with Gasteiger partial charge < -0.3 is 15.4 Å². The summed E-state index contributed by atoms with van der Waals surface area (Å²) in [4.78, 5) is 2.28. The molecule has 2 aromatic rings. The van der Waals surface area contributed by atoms with Crippen LogP contribution in [0.4, 0.5) is 24.5 Å². The summed E-state index contributed by atoms with van der Waals surface area (Å²) in [5.74, 6) is -0.232. The highest BCUT2D eigenvalue weighted by atomic mass is 19.4. The maximum atomic E-state index is 12.2. The summed E-state index contributed by atoms with van der Waals surface area (Å²) < 4.78 is 40.5. The second kappa shape index (κ2) is 6.63. The first-order valence-corrected chi connectivity index (χ1v) is 7.93. The molecular weight excluding hydrogens is 317 g/mol. The molecule has 0 aliphatic carbocycles. The van der Waals surface area contributed by atoms with Gasteiger partial charge in [-0.05, 0) is 54.7 Å². The molecule has 3 rings (SSSR count). The second-order valence-electron chi connectivity index (χ2n) is 5.89. The zero-order valence-electron chi connectivity index (χ0n) is 13.1. The van der Waals surface area contributed by atoms with Crippen LogP contribution in [0, 0.1) is 0 Å². The van der Waals surface area contributed by atoms with Crippen LogP contribution in [-0.2, 0) is 0 Å². The molecule has 24 heavy (non-hydrogen) atoms. The SMILES string of the molecule is Nc1cc(-c2ccc(OC(F)(F)F)cc2)ccc1N1CCCCC1. The Morgan fingerprint density at radius 3 is 2.08 bits per heavy atom. The molecule has 1 aliphatic heterocycles. The fraction of sp³-hybridized carbons (Fsp3) is 0.333. The van der Waals surface area contributed by atoms with Crippen molar-refractivity contribution in [1.29, 1.82) is 0 Å². The fourth-order valence-electron chi connectivity index (χ4n) is 3.01. The molecule has 0 spiro atoms. The zero-order valence-corrected chi connectivity index (χ0v) is 13.1. The van der Waals surface area contributed by atoms with Crippen LogP contribution >= 0.6 is 0 Å². The first-order chi connectivity index (χ1) is 11.4. The van der Waals surface area contributed by atoms with Gasteiger partial charge in [0, 0.05) is 13.1 Å². The molecule has 0 atom stereocenters. The van der Waals surface area contributed by atoms with Gasteiger partial charge in [0.15, 0.2) is 0 Å². The molecular formula is C18H19F3N2O. The first-order valence-electron chi connectivity index (χ1n) is 7.93. The van der Waals surface area contributed by atoms with Gasteiger partial charge in [-0.25, -0.2) is 0 Å². The van der Waals surface area contributed by atoms with Crippen molar-refractivity contribution in [2.75, 3.05) is 23.7 Å². The van der Waals surface area contributed by atoms with Gasteiger partial charge in [0.2, 0.25) is 0 Å². The quantitative estimate of drug-likeness (QED) is 0.816. The van der Waals surface area contributed by atoms with Crippen molar-refractivity contribution in [3.63, 3.8) is 0 Å². The highest BCUT2D eigenvalue weighted by Gasteiger charge is 2.30. The molecule has 0 bridgehead atoms. The Bertz CT molecular complexity index is 692. The van der Waals surface area contributed by atoms with E-state index in [9.17, 15) is 13.2 Å². The minimum Gasteiger partial charge on any atom is -0.406 e. The summed E-state index contributed by atoms with van der Waals surface area (Å²) >= 11 is 0. The number of nitrogen functional groups attached to an aromatic ring is 1. The molecule has 3 nitrogen and oxygen atoms in total. The molecule has 0 unspecified atom stereocenters. The number of nitrogens with zero attached hydrogens (tertiary/aromatic N) is 1. The number of halogens is 3. The van der Waals surface area contributed by atoms with Gasteiger partial charge in [-0.3, -0.25) is 0 Å². The lowest BCUT2D eigenvalue weighted by molar-refractivity contribution is -0.274. The molecule has 1 aliphatic rings. The molecule has 1 saturated heterocycles. The van der Waals surface area contributed by atoms with Gasteiger partial charge in [-0.2, -0.15) is 0 Å². The number of benzene rings is 2. The lowest BCUT2D eigenvalue weighted by atomic mass is 10.0. The summed E-state index contributed by atoms with van der Waals surface area (Å²) in [7, 11) is 0. The lowest BCUT2D eigenvalue weighted by Crippen LogP contribution is -2.29. The van der Waals surface area contributed by atoms with Crippen molar-refractivity contribution in [3.8, 4) is 16.9 Å². The number of rotatable bonds is 3. The van der Waals surface area contributed by atoms with E-state index in [4.69, 9.17) is 5.73 Å². The average molecular weight is 336 g/mol. The molecule has 2 N–H and O–H groups in total. The Balaban J connectivity index is 1.78. The number of alkyl halides is 3. The van der Waals surface area contributed by atoms with Gasteiger partial charge >= 0.3 is 6.36 Å². The highest BCUT2D eigenvalue weighted by molar-refractivity contribution is 5.77. The molecule has 1 heterocycles. The molecule has 0 radical (unpaired) electrons. The monoisotopic (exact) mass is 336 g/mol. The standard InChI is InChI=1S/C18H19F3N2O/c19-18(20,21)24-15-7-4-13(5-8-15)14-6-9-17(16(22)12-14)23-10-2-1-3-11-23/h4-9,12H,1-3,10-11,22H2. The third kappa shape index (κ3) is 3.93. The van der Waals surface area contributed by atoms with Gasteiger partial charge in [-0.15, -0.1) is 13.2 Å². The van der Waals surface area contributed by atoms with E-state index in [-0.39, 0.29) is 5.75 Å². The van der Waals surface area contributed by atoms with Gasteiger partial charge in [0.1, 0.15) is 5.75 Å². The normalized spacial score (nSPS) is 15.4. The molecule has 1 fully saturated rings. The van der Waals surface area contributed by atoms with Crippen molar-refractivity contribution < 1.29 is 17.9 Å². The van der Waals surface area contributed by atoms with Gasteiger partial charge in [0.25, 0.3) is 0 Å². The van der Waals surface area contributed by atoms with E-state index in [1.165, 1.54) is 31.4 Å². The number of hydrogen-bond acceptors (Lipinski definition) is 3. The Morgan fingerprint density at radius 2 is 1.50 bits per heavy atom. The van der Waals surface area contributed by atoms with E-state index in [2.05, 4.69) is 9.64 Å². The third-order valence-corrected chi connectivity index (χ3v) is 4.15. The zero-order chi connectivity index (χ0) is 17.2. The van der Waals surface area contributed by atoms with Crippen LogP contribution in [0.5, 0.6) is 5.75 Å². The van der Waals surface area contributed by atoms with E-state index >= 15 is 0 Å². The molecule has 128 valence electrons. The third-order valence-electron chi connectivity index (χ3n) is 4.15. The molecule has 6 heteroatoms. The van der Waals surface area contributed by atoms with Crippen LogP contribution < -0.4 is 15.4 Å². The number of nitrogens with two attached hydrogens (primary N) is 1. The van der Waals surface area contributed by atoms with Crippen LogP contribution in [-0.4, -0.2) is 19.5 Å². The second-order valence-corrected chi connectivity index (χ2v) is 5.89. The van der Waals surface area contributed by atoms with E-state index < -0.39 is 6.36 Å². The van der Waals surface area contributed by atoms with E-state index in [1.54, 1.807) is 12.1 Å². The number of piperidine rings is 1. The summed E-state index contributed by atoms with van der Waals surface area (Å²) in [6, 6.07) is 11.6. The minimum atomic E-state index is -4.68. The van der Waals surface area contributed by atoms with Crippen LogP contribution in [0.25, 0.3) is 11.1 Å². The summed E-state index contributed by atoms with van der Waals surface area (Å²) in [6.45, 7) is 2.01. The number of hydrogen-bond donors (Lipinski definition) is 1. The van der Waals surface area contributed by atoms with Crippen molar-refractivity contribution in [1.82, 2.24) is 0 Å². The molecule has 0 amide bonds. The summed E-state index contributed by atoms with van der Waals surface area (Å²) in [5.41, 5.74) is 9.56. The maximum Gasteiger partial charge on any atom is 0.573 e. The summed E-state index contributed by atoms with van der Waals surface area (Å²) in [5, 5.41) is 0. The van der Waals surface area contributed by atoms with Gasteiger partial charge in [0.05, 0.1) is 11.4 Å². The number of ether oxygens (including phenoxy) is 1. The largest absolute Gasteiger partial charge is 0.573 e. The van der Waals surface area contributed by atoms with Crippen LogP contribution in [0.2, 0.25) is 0 Å². The van der Waals surface area contributed by atoms with Crippen LogP contribution in [0.1, 0.15) is 19.3 Å². The predicted octanol–water partition coefficient (Wildman–Crippen LogP) is 4.82. The predicted molar refractivity (Wildman–Crippen MR) is 89.0 cm³/mol. The minimum absolute atomic E-state index is 0.232. The van der Waals surface area contributed by atoms with E-state index in [1.807, 2.05) is 18.2 Å². The molecule has 2 aromatic carbocycles. The molecule has 0 aromatic heterocycles. The highest BCUT2D eigenvalue weighted by Crippen LogP contribution is 2.32. The topological polar surface area (TPSA) is 38.5 Å². The molecule has 0 saturated carbocycles. The lowest BCUT2D eigenvalue weighted by Gasteiger charge is -2.30. The maximum absolute atomic E-state index is 12.2. The van der Waals surface area contributed by atoms with E-state index in [0.717, 1.165) is 29.9 Å². The average Bonchev–Trinajstić information content (AvgIpc) is 2.55. The first kappa shape index (κ1) is 16.5. The van der Waals surface area contributed by atoms with Crippen molar-refractivity contribution in [3.05, 3.63) is 42.5 Å². The van der Waals surface area contributed by atoms with Crippen LogP contribution in [0.3, 0.4) is 0 Å². The Morgan fingerprint density at radius 1 is 0.875 bits per heavy atom. The van der Waals surface area contributed by atoms with Crippen molar-refractivity contribution in [2.45, 2.75) is 25.6 Å². The Hall–Kier alpha value is -2.37. The van der Waals surface area contributed by atoms with Crippen molar-refractivity contribution >= 4 is 11.4 Å². The number of anilines is 2. The van der Waals surface area contributed by atoms with Gasteiger partial charge in [-0.1, -0.05) is 18.2 Å².